The predicted octanol–water partition coefficient (Wildman–Crippen LogP) is 1.10. The molecule has 94 valence electrons. The molecule has 0 spiro atoms. The van der Waals surface area contributed by atoms with Crippen LogP contribution in [0.1, 0.15) is 24.2 Å². The molecular weight excluding hydrogens is 242 g/mol. The summed E-state index contributed by atoms with van der Waals surface area (Å²) in [5.41, 5.74) is 0.222. The van der Waals surface area contributed by atoms with E-state index in [2.05, 4.69) is 4.98 Å². The van der Waals surface area contributed by atoms with Crippen molar-refractivity contribution in [2.45, 2.75) is 18.6 Å². The molecule has 0 aliphatic carbocycles. The van der Waals surface area contributed by atoms with Crippen LogP contribution >= 0.6 is 0 Å². The largest absolute Gasteiger partial charge is 0.495 e. The summed E-state index contributed by atoms with van der Waals surface area (Å²) in [6, 6.07) is 1.47. The highest BCUT2D eigenvalue weighted by molar-refractivity contribution is 7.92. The zero-order valence-electron chi connectivity index (χ0n) is 10.2. The van der Waals surface area contributed by atoms with Crippen LogP contribution in [-0.2, 0) is 9.84 Å². The number of hydrogen-bond acceptors (Lipinski definition) is 5. The predicted molar refractivity (Wildman–Crippen MR) is 64.0 cm³/mol. The highest BCUT2D eigenvalue weighted by Crippen LogP contribution is 2.22. The molecule has 0 N–H and O–H groups in total. The number of sulfone groups is 1. The summed E-state index contributed by atoms with van der Waals surface area (Å²) in [5, 5.41) is 0. The highest BCUT2D eigenvalue weighted by Gasteiger charge is 2.39. The number of ketones is 1. The quantitative estimate of drug-likeness (QED) is 0.755. The van der Waals surface area contributed by atoms with Gasteiger partial charge in [-0.3, -0.25) is 9.78 Å². The van der Waals surface area contributed by atoms with Crippen LogP contribution < -0.4 is 4.74 Å². The van der Waals surface area contributed by atoms with Gasteiger partial charge in [-0.2, -0.15) is 0 Å². The number of rotatable bonds is 4. The van der Waals surface area contributed by atoms with E-state index >= 15 is 0 Å². The average molecular weight is 257 g/mol. The Morgan fingerprint density at radius 2 is 1.94 bits per heavy atom. The van der Waals surface area contributed by atoms with E-state index in [4.69, 9.17) is 4.74 Å². The number of carbonyl (C=O) groups is 1. The van der Waals surface area contributed by atoms with Gasteiger partial charge in [-0.05, 0) is 19.9 Å². The number of hydrogen-bond donors (Lipinski definition) is 0. The molecular formula is C11H15NO4S. The Morgan fingerprint density at radius 1 is 1.35 bits per heavy atom. The standard InChI is InChI=1S/C11H15NO4S/c1-11(2,17(4,14)15)10(13)8-5-9(16-3)7-12-6-8/h5-7H,1-4H3. The number of pyridine rings is 1. The summed E-state index contributed by atoms with van der Waals surface area (Å²) < 4.78 is 26.6. The van der Waals surface area contributed by atoms with Gasteiger partial charge in [0.25, 0.3) is 0 Å². The van der Waals surface area contributed by atoms with Crippen LogP contribution in [0, 0.1) is 0 Å². The summed E-state index contributed by atoms with van der Waals surface area (Å²) in [4.78, 5) is 15.9. The second-order valence-electron chi connectivity index (χ2n) is 4.23. The Labute approximate surface area is 101 Å². The molecule has 1 rings (SSSR count). The molecule has 0 saturated heterocycles. The first-order chi connectivity index (χ1) is 7.70. The Kier molecular flexibility index (Phi) is 3.56. The van der Waals surface area contributed by atoms with Crippen LogP contribution in [0.5, 0.6) is 5.75 Å². The van der Waals surface area contributed by atoms with Crippen molar-refractivity contribution in [1.29, 1.82) is 0 Å². The Morgan fingerprint density at radius 3 is 2.41 bits per heavy atom. The number of carbonyl (C=O) groups excluding carboxylic acids is 1. The third-order valence-corrected chi connectivity index (χ3v) is 4.72. The first-order valence-corrected chi connectivity index (χ1v) is 6.82. The highest BCUT2D eigenvalue weighted by atomic mass is 32.2. The van der Waals surface area contributed by atoms with Gasteiger partial charge in [-0.15, -0.1) is 0 Å². The zero-order chi connectivity index (χ0) is 13.3. The van der Waals surface area contributed by atoms with Gasteiger partial charge < -0.3 is 4.74 Å². The molecule has 17 heavy (non-hydrogen) atoms. The molecule has 5 nitrogen and oxygen atoms in total. The van der Waals surface area contributed by atoms with Crippen molar-refractivity contribution in [3.63, 3.8) is 0 Å². The van der Waals surface area contributed by atoms with Crippen LogP contribution in [-0.4, -0.2) is 37.3 Å². The van der Waals surface area contributed by atoms with Gasteiger partial charge in [0.15, 0.2) is 15.6 Å². The van der Waals surface area contributed by atoms with Crippen LogP contribution in [0.25, 0.3) is 0 Å². The van der Waals surface area contributed by atoms with Crippen molar-refractivity contribution in [1.82, 2.24) is 4.98 Å². The topological polar surface area (TPSA) is 73.3 Å². The first-order valence-electron chi connectivity index (χ1n) is 4.93. The van der Waals surface area contributed by atoms with Crippen molar-refractivity contribution in [3.8, 4) is 5.75 Å². The fraction of sp³-hybridized carbons (Fsp3) is 0.455. The van der Waals surface area contributed by atoms with Crippen LogP contribution in [0.3, 0.4) is 0 Å². The molecule has 1 heterocycles. The van der Waals surface area contributed by atoms with E-state index in [1.165, 1.54) is 39.4 Å². The maximum atomic E-state index is 12.1. The average Bonchev–Trinajstić information content (AvgIpc) is 2.26. The number of Topliss-reactive ketones (excluding diaryl/α,β-unsaturated/α-hetero) is 1. The number of nitrogens with zero attached hydrogens (tertiary/aromatic N) is 1. The summed E-state index contributed by atoms with van der Waals surface area (Å²) in [6.07, 6.45) is 3.82. The van der Waals surface area contributed by atoms with Crippen LogP contribution in [0.4, 0.5) is 0 Å². The molecule has 0 saturated carbocycles. The zero-order valence-corrected chi connectivity index (χ0v) is 11.0. The molecule has 0 amide bonds. The Bertz CT molecular complexity index is 534. The second-order valence-corrected chi connectivity index (χ2v) is 6.79. The van der Waals surface area contributed by atoms with E-state index in [1.54, 1.807) is 0 Å². The number of ether oxygens (including phenoxy) is 1. The Hall–Kier alpha value is -1.43. The summed E-state index contributed by atoms with van der Waals surface area (Å²) in [5.74, 6) is -0.0773. The Balaban J connectivity index is 3.21. The van der Waals surface area contributed by atoms with Gasteiger partial charge in [0.1, 0.15) is 10.5 Å². The van der Waals surface area contributed by atoms with E-state index in [9.17, 15) is 13.2 Å². The minimum Gasteiger partial charge on any atom is -0.495 e. The molecule has 0 aromatic carbocycles. The molecule has 0 atom stereocenters. The lowest BCUT2D eigenvalue weighted by Crippen LogP contribution is -2.40. The lowest BCUT2D eigenvalue weighted by Gasteiger charge is -2.20. The third kappa shape index (κ3) is 2.63. The van der Waals surface area contributed by atoms with Gasteiger partial charge in [-0.25, -0.2) is 8.42 Å². The molecule has 0 fully saturated rings. The van der Waals surface area contributed by atoms with E-state index < -0.39 is 20.4 Å². The maximum Gasteiger partial charge on any atom is 0.185 e. The monoisotopic (exact) mass is 257 g/mol. The smallest absolute Gasteiger partial charge is 0.185 e. The number of aromatic nitrogens is 1. The second kappa shape index (κ2) is 4.44. The van der Waals surface area contributed by atoms with Crippen LogP contribution in [0.2, 0.25) is 0 Å². The van der Waals surface area contributed by atoms with E-state index in [-0.39, 0.29) is 5.56 Å². The fourth-order valence-electron chi connectivity index (χ4n) is 1.17. The van der Waals surface area contributed by atoms with E-state index in [1.807, 2.05) is 0 Å². The van der Waals surface area contributed by atoms with Crippen molar-refractivity contribution in [3.05, 3.63) is 24.0 Å². The SMILES string of the molecule is COc1cncc(C(=O)C(C)(C)S(C)(=O)=O)c1. The maximum absolute atomic E-state index is 12.1. The summed E-state index contributed by atoms with van der Waals surface area (Å²) in [7, 11) is -2.04. The molecule has 0 radical (unpaired) electrons. The minimum atomic E-state index is -3.49. The molecule has 6 heteroatoms. The van der Waals surface area contributed by atoms with Crippen molar-refractivity contribution >= 4 is 15.6 Å². The normalized spacial score (nSPS) is 12.2. The van der Waals surface area contributed by atoms with Gasteiger partial charge in [0.2, 0.25) is 0 Å². The van der Waals surface area contributed by atoms with E-state index in [0.29, 0.717) is 5.75 Å². The van der Waals surface area contributed by atoms with Gasteiger partial charge >= 0.3 is 0 Å². The van der Waals surface area contributed by atoms with E-state index in [0.717, 1.165) is 6.26 Å². The van der Waals surface area contributed by atoms with Gasteiger partial charge in [-0.1, -0.05) is 0 Å². The van der Waals surface area contributed by atoms with Gasteiger partial charge in [0.05, 0.1) is 13.3 Å². The van der Waals surface area contributed by atoms with Crippen molar-refractivity contribution < 1.29 is 17.9 Å². The fourth-order valence-corrected chi connectivity index (χ4v) is 1.63. The third-order valence-electron chi connectivity index (χ3n) is 2.68. The molecule has 0 aliphatic rings. The molecule has 0 unspecified atom stereocenters. The summed E-state index contributed by atoms with van der Waals surface area (Å²) >= 11 is 0. The van der Waals surface area contributed by atoms with Crippen LogP contribution in [0.15, 0.2) is 18.5 Å². The lowest BCUT2D eigenvalue weighted by molar-refractivity contribution is 0.0953. The minimum absolute atomic E-state index is 0.222. The van der Waals surface area contributed by atoms with Crippen molar-refractivity contribution in [2.75, 3.05) is 13.4 Å². The first kappa shape index (κ1) is 13.6. The molecule has 0 aliphatic heterocycles. The number of methoxy groups -OCH3 is 1. The molecule has 1 aromatic rings. The summed E-state index contributed by atoms with van der Waals surface area (Å²) in [6.45, 7) is 2.76. The molecule has 0 bridgehead atoms. The van der Waals surface area contributed by atoms with Crippen molar-refractivity contribution in [2.24, 2.45) is 0 Å². The molecule has 1 aromatic heterocycles. The lowest BCUT2D eigenvalue weighted by atomic mass is 10.0. The van der Waals surface area contributed by atoms with Gasteiger partial charge in [0, 0.05) is 18.0 Å².